The van der Waals surface area contributed by atoms with Crippen molar-refractivity contribution in [3.8, 4) is 22.5 Å². The zero-order valence-corrected chi connectivity index (χ0v) is 20.2. The summed E-state index contributed by atoms with van der Waals surface area (Å²) < 4.78 is 3.51. The smallest absolute Gasteiger partial charge is 0.290 e. The summed E-state index contributed by atoms with van der Waals surface area (Å²) in [6.45, 7) is 8.82. The van der Waals surface area contributed by atoms with E-state index in [2.05, 4.69) is 58.7 Å². The Labute approximate surface area is 198 Å². The highest BCUT2D eigenvalue weighted by Crippen LogP contribution is 2.30. The molecule has 2 heterocycles. The van der Waals surface area contributed by atoms with Crippen LogP contribution in [0.1, 0.15) is 51.4 Å². The van der Waals surface area contributed by atoms with Gasteiger partial charge >= 0.3 is 5.69 Å². The van der Waals surface area contributed by atoms with Crippen molar-refractivity contribution < 1.29 is 0 Å². The predicted octanol–water partition coefficient (Wildman–Crippen LogP) is 5.37. The van der Waals surface area contributed by atoms with Crippen molar-refractivity contribution in [2.45, 2.75) is 53.1 Å². The molecule has 2 aromatic carbocycles. The van der Waals surface area contributed by atoms with E-state index in [1.54, 1.807) is 4.57 Å². The molecule has 0 amide bonds. The zero-order valence-electron chi connectivity index (χ0n) is 19.4. The lowest BCUT2D eigenvalue weighted by Gasteiger charge is -2.11. The van der Waals surface area contributed by atoms with Crippen molar-refractivity contribution >= 4 is 11.6 Å². The molecule has 4 rings (SSSR count). The van der Waals surface area contributed by atoms with Gasteiger partial charge in [0.1, 0.15) is 5.15 Å². The van der Waals surface area contributed by atoms with Crippen LogP contribution in [0.3, 0.4) is 0 Å². The van der Waals surface area contributed by atoms with E-state index in [1.807, 2.05) is 42.7 Å². The molecule has 0 aliphatic heterocycles. The van der Waals surface area contributed by atoms with E-state index in [4.69, 9.17) is 11.6 Å². The molecule has 0 saturated heterocycles. The summed E-state index contributed by atoms with van der Waals surface area (Å²) in [5.41, 5.74) is 4.88. The molecular formula is C25H29ClN6O. The summed E-state index contributed by atoms with van der Waals surface area (Å²) in [4.78, 5) is 13.2. The summed E-state index contributed by atoms with van der Waals surface area (Å²) >= 11 is 6.67. The van der Waals surface area contributed by atoms with Gasteiger partial charge in [0.25, 0.3) is 0 Å². The molecule has 0 saturated carbocycles. The lowest BCUT2D eigenvalue weighted by molar-refractivity contribution is 0.554. The second-order valence-electron chi connectivity index (χ2n) is 8.98. The number of aromatic nitrogens is 6. The third-order valence-corrected chi connectivity index (χ3v) is 6.21. The van der Waals surface area contributed by atoms with E-state index in [1.165, 1.54) is 0 Å². The van der Waals surface area contributed by atoms with E-state index in [-0.39, 0.29) is 11.7 Å². The number of benzene rings is 2. The number of H-pyrrole nitrogens is 1. The topological polar surface area (TPSA) is 81.4 Å². The van der Waals surface area contributed by atoms with Crippen LogP contribution in [0.15, 0.2) is 53.3 Å². The Balaban J connectivity index is 1.66. The van der Waals surface area contributed by atoms with Gasteiger partial charge in [-0.25, -0.2) is 4.79 Å². The van der Waals surface area contributed by atoms with Crippen molar-refractivity contribution in [2.75, 3.05) is 0 Å². The molecule has 0 aliphatic rings. The first-order valence-electron chi connectivity index (χ1n) is 11.3. The van der Waals surface area contributed by atoms with Crippen LogP contribution in [0.25, 0.3) is 22.5 Å². The van der Waals surface area contributed by atoms with Crippen molar-refractivity contribution in [3.05, 3.63) is 75.4 Å². The Morgan fingerprint density at radius 1 is 1.00 bits per heavy atom. The third-order valence-electron chi connectivity index (χ3n) is 5.81. The van der Waals surface area contributed by atoms with Crippen LogP contribution in [-0.2, 0) is 13.0 Å². The van der Waals surface area contributed by atoms with Crippen molar-refractivity contribution in [1.29, 1.82) is 0 Å². The van der Waals surface area contributed by atoms with Gasteiger partial charge in [0, 0.05) is 11.6 Å². The summed E-state index contributed by atoms with van der Waals surface area (Å²) in [5.74, 6) is 1.09. The third kappa shape index (κ3) is 4.78. The Hall–Kier alpha value is -3.19. The maximum Gasteiger partial charge on any atom is 0.330 e. The summed E-state index contributed by atoms with van der Waals surface area (Å²) in [6, 6.07) is 16.2. The molecule has 0 spiro atoms. The molecule has 2 aromatic heterocycles. The van der Waals surface area contributed by atoms with E-state index in [9.17, 15) is 4.79 Å². The number of rotatable bonds is 8. The van der Waals surface area contributed by atoms with E-state index in [0.29, 0.717) is 23.4 Å². The first kappa shape index (κ1) is 23.0. The van der Waals surface area contributed by atoms with E-state index >= 15 is 0 Å². The molecule has 0 aliphatic carbocycles. The van der Waals surface area contributed by atoms with Crippen LogP contribution in [0, 0.1) is 5.92 Å². The Bertz CT molecular complexity index is 1270. The second-order valence-corrected chi connectivity index (χ2v) is 9.34. The first-order chi connectivity index (χ1) is 15.9. The van der Waals surface area contributed by atoms with Gasteiger partial charge in [0.15, 0.2) is 0 Å². The lowest BCUT2D eigenvalue weighted by Crippen LogP contribution is -2.26. The molecule has 0 fully saturated rings. The summed E-state index contributed by atoms with van der Waals surface area (Å²) in [5, 5.41) is 15.0. The minimum Gasteiger partial charge on any atom is -0.290 e. The molecule has 0 bridgehead atoms. The number of nitrogens with one attached hydrogen (secondary N) is 1. The molecule has 8 heteroatoms. The van der Waals surface area contributed by atoms with E-state index in [0.717, 1.165) is 40.8 Å². The minimum absolute atomic E-state index is 0.00747. The Kier molecular flexibility index (Phi) is 6.79. The quantitative estimate of drug-likeness (QED) is 0.380. The van der Waals surface area contributed by atoms with Crippen LogP contribution in [-0.4, -0.2) is 29.8 Å². The number of hydrogen-bond donors (Lipinski definition) is 1. The van der Waals surface area contributed by atoms with Gasteiger partial charge in [-0.3, -0.25) is 9.13 Å². The van der Waals surface area contributed by atoms with Crippen LogP contribution in [0.2, 0.25) is 5.15 Å². The maximum absolute atomic E-state index is 13.2. The van der Waals surface area contributed by atoms with Crippen LogP contribution in [0.4, 0.5) is 0 Å². The number of halogens is 1. The number of tetrazole rings is 1. The number of nitrogens with zero attached hydrogens (tertiary/aromatic N) is 5. The molecule has 172 valence electrons. The van der Waals surface area contributed by atoms with Crippen LogP contribution >= 0.6 is 11.6 Å². The SMILES string of the molecule is CC(C)CCc1c(Cl)n(C(C)C)c(=O)n1Cc1ccc(-c2ccccc2-c2nn[nH]n2)cc1. The molecule has 33 heavy (non-hydrogen) atoms. The minimum atomic E-state index is -0.0553. The van der Waals surface area contributed by atoms with Gasteiger partial charge in [-0.1, -0.05) is 74.0 Å². The average molecular weight is 465 g/mol. The summed E-state index contributed by atoms with van der Waals surface area (Å²) in [6.07, 6.45) is 1.76. The molecule has 0 unspecified atom stereocenters. The fourth-order valence-electron chi connectivity index (χ4n) is 4.03. The summed E-state index contributed by atoms with van der Waals surface area (Å²) in [7, 11) is 0. The fourth-order valence-corrected chi connectivity index (χ4v) is 4.50. The number of imidazole rings is 1. The van der Waals surface area contributed by atoms with Crippen LogP contribution in [0.5, 0.6) is 0 Å². The first-order valence-corrected chi connectivity index (χ1v) is 11.7. The van der Waals surface area contributed by atoms with Gasteiger partial charge in [0.05, 0.1) is 12.2 Å². The van der Waals surface area contributed by atoms with Gasteiger partial charge < -0.3 is 0 Å². The standard InChI is InChI=1S/C25H29ClN6O/c1-16(2)9-14-22-23(26)32(17(3)4)25(33)31(22)15-18-10-12-19(13-11-18)20-7-5-6-8-21(20)24-27-29-30-28-24/h5-8,10-13,16-17H,9,14-15H2,1-4H3,(H,27,28,29,30). The fraction of sp³-hybridized carbons (Fsp3) is 0.360. The Morgan fingerprint density at radius 3 is 2.30 bits per heavy atom. The highest BCUT2D eigenvalue weighted by Gasteiger charge is 2.20. The zero-order chi connectivity index (χ0) is 23.5. The molecule has 0 radical (unpaired) electrons. The molecule has 4 aromatic rings. The second kappa shape index (κ2) is 9.75. The van der Waals surface area contributed by atoms with Crippen LogP contribution < -0.4 is 5.69 Å². The highest BCUT2D eigenvalue weighted by molar-refractivity contribution is 6.30. The van der Waals surface area contributed by atoms with Gasteiger partial charge in [-0.15, -0.1) is 10.2 Å². The largest absolute Gasteiger partial charge is 0.330 e. The number of hydrogen-bond acceptors (Lipinski definition) is 4. The molecular weight excluding hydrogens is 436 g/mol. The van der Waals surface area contributed by atoms with E-state index < -0.39 is 0 Å². The molecule has 1 N–H and O–H groups in total. The van der Waals surface area contributed by atoms with Crippen molar-refractivity contribution in [2.24, 2.45) is 5.92 Å². The number of aromatic amines is 1. The van der Waals surface area contributed by atoms with Gasteiger partial charge in [-0.2, -0.15) is 5.21 Å². The highest BCUT2D eigenvalue weighted by atomic mass is 35.5. The van der Waals surface area contributed by atoms with Gasteiger partial charge in [-0.05, 0) is 54.5 Å². The average Bonchev–Trinajstić information content (AvgIpc) is 3.40. The molecule has 7 nitrogen and oxygen atoms in total. The van der Waals surface area contributed by atoms with Gasteiger partial charge in [0.2, 0.25) is 5.82 Å². The monoisotopic (exact) mass is 464 g/mol. The lowest BCUT2D eigenvalue weighted by atomic mass is 9.98. The Morgan fingerprint density at radius 2 is 1.70 bits per heavy atom. The predicted molar refractivity (Wildman–Crippen MR) is 131 cm³/mol. The van der Waals surface area contributed by atoms with Crippen molar-refractivity contribution in [3.63, 3.8) is 0 Å². The molecule has 0 atom stereocenters. The van der Waals surface area contributed by atoms with Crippen molar-refractivity contribution in [1.82, 2.24) is 29.8 Å². The maximum atomic E-state index is 13.2. The normalized spacial score (nSPS) is 11.6.